The van der Waals surface area contributed by atoms with Gasteiger partial charge < -0.3 is 21.1 Å². The normalized spacial score (nSPS) is 11.1. The number of methoxy groups -OCH3 is 1. The van der Waals surface area contributed by atoms with E-state index in [9.17, 15) is 13.2 Å². The van der Waals surface area contributed by atoms with Crippen LogP contribution < -0.4 is 26.2 Å². The molecule has 0 aliphatic carbocycles. The van der Waals surface area contributed by atoms with Crippen molar-refractivity contribution in [2.45, 2.75) is 17.1 Å². The lowest BCUT2D eigenvalue weighted by Gasteiger charge is -2.10. The van der Waals surface area contributed by atoms with Gasteiger partial charge in [-0.1, -0.05) is 12.1 Å². The third kappa shape index (κ3) is 7.30. The lowest BCUT2D eigenvalue weighted by atomic mass is 10.3. The van der Waals surface area contributed by atoms with Crippen LogP contribution in [0.15, 0.2) is 53.4 Å². The fraction of sp³-hybridized carbons (Fsp3) is 0.200. The van der Waals surface area contributed by atoms with Crippen LogP contribution in [0.4, 0.5) is 23.3 Å². The van der Waals surface area contributed by atoms with E-state index in [0.29, 0.717) is 40.4 Å². The van der Waals surface area contributed by atoms with Crippen LogP contribution in [0.3, 0.4) is 0 Å². The number of ether oxygens (including phenoxy) is 1. The van der Waals surface area contributed by atoms with Gasteiger partial charge in [0.15, 0.2) is 0 Å². The second-order valence-corrected chi connectivity index (χ2v) is 9.35. The number of para-hydroxylation sites is 2. The van der Waals surface area contributed by atoms with Gasteiger partial charge in [0.2, 0.25) is 27.8 Å². The van der Waals surface area contributed by atoms with Crippen molar-refractivity contribution in [1.29, 1.82) is 0 Å². The number of thioether (sulfide) groups is 1. The number of carbonyl (C=O) groups is 1. The monoisotopic (exact) mass is 489 g/mol. The summed E-state index contributed by atoms with van der Waals surface area (Å²) in [6.45, 7) is 0. The van der Waals surface area contributed by atoms with Crippen molar-refractivity contribution in [3.63, 3.8) is 0 Å². The predicted octanol–water partition coefficient (Wildman–Crippen LogP) is 2.12. The molecule has 6 N–H and O–H groups in total. The standard InChI is InChI=1S/C20H23N7O4S2/c1-31-16-5-3-2-4-15(16)24-20-26-17(25-19(21)27-20)12-32-11-10-18(28)23-13-6-8-14(9-7-13)33(22,29)30/h2-9H,10-12H2,1H3,(H,23,28)(H2,22,29,30)(H3,21,24,25,26,27). The largest absolute Gasteiger partial charge is 0.495 e. The molecule has 2 aromatic carbocycles. The van der Waals surface area contributed by atoms with Crippen molar-refractivity contribution in [2.24, 2.45) is 5.14 Å². The topological polar surface area (TPSA) is 175 Å². The van der Waals surface area contributed by atoms with E-state index in [4.69, 9.17) is 15.6 Å². The summed E-state index contributed by atoms with van der Waals surface area (Å²) in [6.07, 6.45) is 0.245. The second-order valence-electron chi connectivity index (χ2n) is 6.68. The van der Waals surface area contributed by atoms with Gasteiger partial charge in [0.1, 0.15) is 11.6 Å². The number of hydrogen-bond acceptors (Lipinski definition) is 10. The van der Waals surface area contributed by atoms with Crippen LogP contribution in [-0.4, -0.2) is 42.1 Å². The van der Waals surface area contributed by atoms with Gasteiger partial charge in [0.05, 0.1) is 23.4 Å². The number of amides is 1. The van der Waals surface area contributed by atoms with Crippen LogP contribution in [0.5, 0.6) is 5.75 Å². The Morgan fingerprint density at radius 3 is 2.52 bits per heavy atom. The van der Waals surface area contributed by atoms with Gasteiger partial charge in [-0.05, 0) is 36.4 Å². The third-order valence-corrected chi connectivity index (χ3v) is 6.11. The van der Waals surface area contributed by atoms with Gasteiger partial charge in [-0.2, -0.15) is 26.7 Å². The maximum atomic E-state index is 12.1. The molecule has 11 nitrogen and oxygen atoms in total. The van der Waals surface area contributed by atoms with Gasteiger partial charge >= 0.3 is 0 Å². The molecule has 1 amide bonds. The zero-order valence-corrected chi connectivity index (χ0v) is 19.3. The Balaban J connectivity index is 1.49. The van der Waals surface area contributed by atoms with Crippen LogP contribution in [0.1, 0.15) is 12.2 Å². The predicted molar refractivity (Wildman–Crippen MR) is 128 cm³/mol. The van der Waals surface area contributed by atoms with E-state index in [-0.39, 0.29) is 23.2 Å². The number of aromatic nitrogens is 3. The molecule has 13 heteroatoms. The number of anilines is 4. The molecular weight excluding hydrogens is 466 g/mol. The summed E-state index contributed by atoms with van der Waals surface area (Å²) in [7, 11) is -2.20. The number of rotatable bonds is 10. The number of nitrogens with two attached hydrogens (primary N) is 2. The smallest absolute Gasteiger partial charge is 0.238 e. The fourth-order valence-corrected chi connectivity index (χ4v) is 4.01. The van der Waals surface area contributed by atoms with Crippen molar-refractivity contribution in [3.05, 3.63) is 54.4 Å². The highest BCUT2D eigenvalue weighted by Crippen LogP contribution is 2.26. The zero-order chi connectivity index (χ0) is 23.8. The molecule has 3 rings (SSSR count). The summed E-state index contributed by atoms with van der Waals surface area (Å²) in [5, 5.41) is 10.8. The Hall–Kier alpha value is -3.42. The molecule has 0 saturated heterocycles. The molecule has 0 fully saturated rings. The highest BCUT2D eigenvalue weighted by atomic mass is 32.2. The third-order valence-electron chi connectivity index (χ3n) is 4.22. The molecule has 1 heterocycles. The first-order chi connectivity index (χ1) is 15.7. The van der Waals surface area contributed by atoms with E-state index in [1.807, 2.05) is 24.3 Å². The van der Waals surface area contributed by atoms with Crippen LogP contribution in [0, 0.1) is 0 Å². The van der Waals surface area contributed by atoms with Gasteiger partial charge in [-0.15, -0.1) is 0 Å². The van der Waals surface area contributed by atoms with Crippen LogP contribution in [-0.2, 0) is 20.6 Å². The highest BCUT2D eigenvalue weighted by molar-refractivity contribution is 7.98. The number of carbonyl (C=O) groups excluding carboxylic acids is 1. The second kappa shape index (κ2) is 10.9. The Labute approximate surface area is 195 Å². The Kier molecular flexibility index (Phi) is 8.03. The van der Waals surface area contributed by atoms with Gasteiger partial charge in [0, 0.05) is 17.9 Å². The number of primary sulfonamides is 1. The Bertz CT molecular complexity index is 1220. The van der Waals surface area contributed by atoms with Crippen molar-refractivity contribution < 1.29 is 17.9 Å². The molecule has 174 valence electrons. The Morgan fingerprint density at radius 1 is 1.09 bits per heavy atom. The summed E-state index contributed by atoms with van der Waals surface area (Å²) in [6, 6.07) is 13.0. The van der Waals surface area contributed by atoms with E-state index in [1.165, 1.54) is 36.0 Å². The molecule has 0 spiro atoms. The number of benzene rings is 2. The first-order valence-electron chi connectivity index (χ1n) is 9.65. The number of sulfonamides is 1. The highest BCUT2D eigenvalue weighted by Gasteiger charge is 2.10. The molecule has 0 aliphatic heterocycles. The average molecular weight is 490 g/mol. The van der Waals surface area contributed by atoms with Crippen LogP contribution >= 0.6 is 11.8 Å². The van der Waals surface area contributed by atoms with Crippen LogP contribution in [0.2, 0.25) is 0 Å². The summed E-state index contributed by atoms with van der Waals surface area (Å²) >= 11 is 1.46. The molecule has 0 aliphatic rings. The van der Waals surface area contributed by atoms with E-state index < -0.39 is 10.0 Å². The molecule has 1 aromatic heterocycles. The molecule has 3 aromatic rings. The molecule has 0 atom stereocenters. The lowest BCUT2D eigenvalue weighted by Crippen LogP contribution is -2.14. The molecule has 33 heavy (non-hydrogen) atoms. The van der Waals surface area contributed by atoms with Crippen molar-refractivity contribution in [3.8, 4) is 5.75 Å². The van der Waals surface area contributed by atoms with E-state index >= 15 is 0 Å². The van der Waals surface area contributed by atoms with Crippen molar-refractivity contribution in [1.82, 2.24) is 15.0 Å². The van der Waals surface area contributed by atoms with Gasteiger partial charge in [0.25, 0.3) is 0 Å². The first-order valence-corrected chi connectivity index (χ1v) is 12.4. The molecule has 0 radical (unpaired) electrons. The number of nitrogens with one attached hydrogen (secondary N) is 2. The quantitative estimate of drug-likeness (QED) is 0.309. The van der Waals surface area contributed by atoms with E-state index in [0.717, 1.165) is 0 Å². The zero-order valence-electron chi connectivity index (χ0n) is 17.7. The summed E-state index contributed by atoms with van der Waals surface area (Å²) in [5.74, 6) is 2.23. The molecular formula is C20H23N7O4S2. The summed E-state index contributed by atoms with van der Waals surface area (Å²) < 4.78 is 27.9. The minimum absolute atomic E-state index is 0.0211. The van der Waals surface area contributed by atoms with Crippen molar-refractivity contribution >= 4 is 51.0 Å². The summed E-state index contributed by atoms with van der Waals surface area (Å²) in [5.41, 5.74) is 6.98. The molecule has 0 saturated carbocycles. The number of nitrogen functional groups attached to an aromatic ring is 1. The number of nitrogens with zero attached hydrogens (tertiary/aromatic N) is 3. The molecule has 0 bridgehead atoms. The van der Waals surface area contributed by atoms with E-state index in [2.05, 4.69) is 25.6 Å². The SMILES string of the molecule is COc1ccccc1Nc1nc(N)nc(CSCCC(=O)Nc2ccc(S(N)(=O)=O)cc2)n1. The Morgan fingerprint density at radius 2 is 1.82 bits per heavy atom. The van der Waals surface area contributed by atoms with Crippen LogP contribution in [0.25, 0.3) is 0 Å². The van der Waals surface area contributed by atoms with Crippen molar-refractivity contribution in [2.75, 3.05) is 29.2 Å². The molecule has 0 unspecified atom stereocenters. The minimum Gasteiger partial charge on any atom is -0.495 e. The number of hydrogen-bond donors (Lipinski definition) is 4. The van der Waals surface area contributed by atoms with E-state index in [1.54, 1.807) is 7.11 Å². The maximum Gasteiger partial charge on any atom is 0.238 e. The van der Waals surface area contributed by atoms with Gasteiger partial charge in [-0.3, -0.25) is 4.79 Å². The maximum absolute atomic E-state index is 12.1. The lowest BCUT2D eigenvalue weighted by molar-refractivity contribution is -0.115. The minimum atomic E-state index is -3.77. The van der Waals surface area contributed by atoms with Gasteiger partial charge in [-0.25, -0.2) is 13.6 Å². The fourth-order valence-electron chi connectivity index (χ4n) is 2.71. The summed E-state index contributed by atoms with van der Waals surface area (Å²) in [4.78, 5) is 24.7. The average Bonchev–Trinajstić information content (AvgIpc) is 2.76. The first kappa shape index (κ1) is 24.2.